The molecule has 3 aliphatic carbocycles. The zero-order chi connectivity index (χ0) is 20.2. The number of ketones is 1. The van der Waals surface area contributed by atoms with E-state index in [2.05, 4.69) is 24.9 Å². The second-order valence-corrected chi connectivity index (χ2v) is 9.10. The first-order valence-electron chi connectivity index (χ1n) is 9.99. The number of Topliss-reactive ketones (excluding diaryl/α,β-unsaturated/α-hetero) is 1. The summed E-state index contributed by atoms with van der Waals surface area (Å²) < 4.78 is 0. The third-order valence-electron chi connectivity index (χ3n) is 7.48. The second kappa shape index (κ2) is 6.87. The number of nitrogens with one attached hydrogen (secondary N) is 1. The Kier molecular flexibility index (Phi) is 4.76. The molecule has 28 heavy (non-hydrogen) atoms. The number of carboxylic acids is 1. The van der Waals surface area contributed by atoms with E-state index in [0.717, 1.165) is 31.2 Å². The minimum absolute atomic E-state index is 0.104. The fraction of sp³-hybridized carbons (Fsp3) is 0.619. The lowest BCUT2D eigenvalue weighted by atomic mass is 9.55. The fourth-order valence-corrected chi connectivity index (χ4v) is 6.27. The average molecular weight is 406 g/mol. The van der Waals surface area contributed by atoms with Gasteiger partial charge in [-0.1, -0.05) is 6.92 Å². The summed E-state index contributed by atoms with van der Waals surface area (Å²) in [6.07, 6.45) is 4.68. The van der Waals surface area contributed by atoms with Crippen molar-refractivity contribution in [2.45, 2.75) is 57.4 Å². The largest absolute Gasteiger partial charge is 0.504 e. The SMILES string of the molecule is C[C@]12CC[C@@H]3c4c(NC(CS)C(=O)O)cc(O)c(O)c4CC[C@H]3[C@@H]1CCC2=O. The molecule has 152 valence electrons. The number of rotatable bonds is 4. The molecule has 0 aliphatic heterocycles. The Hall–Kier alpha value is -1.89. The number of benzene rings is 1. The van der Waals surface area contributed by atoms with Crippen LogP contribution in [0, 0.1) is 17.3 Å². The van der Waals surface area contributed by atoms with E-state index in [1.165, 1.54) is 6.07 Å². The zero-order valence-corrected chi connectivity index (χ0v) is 16.8. The number of phenols is 2. The van der Waals surface area contributed by atoms with Gasteiger partial charge < -0.3 is 20.6 Å². The molecular weight excluding hydrogens is 378 g/mol. The van der Waals surface area contributed by atoms with Crippen LogP contribution in [0.4, 0.5) is 5.69 Å². The van der Waals surface area contributed by atoms with Gasteiger partial charge in [-0.15, -0.1) is 0 Å². The topological polar surface area (TPSA) is 107 Å². The van der Waals surface area contributed by atoms with E-state index in [1.54, 1.807) is 0 Å². The Balaban J connectivity index is 1.77. The van der Waals surface area contributed by atoms with Gasteiger partial charge in [0.2, 0.25) is 0 Å². The minimum Gasteiger partial charge on any atom is -0.504 e. The van der Waals surface area contributed by atoms with E-state index in [0.29, 0.717) is 41.7 Å². The van der Waals surface area contributed by atoms with Crippen molar-refractivity contribution >= 4 is 30.1 Å². The maximum atomic E-state index is 12.5. The highest BCUT2D eigenvalue weighted by atomic mass is 32.1. The standard InChI is InChI=1S/C21H27NO5S/c1-21-7-6-11-10(13(21)4-5-17(21)24)2-3-12-18(11)14(8-16(23)19(12)25)22-15(9-28)20(26)27/h8,10-11,13,15,22-23,25,28H,2-7,9H2,1H3,(H,26,27)/t10-,11+,13+,15?,21+/m1/s1. The quantitative estimate of drug-likeness (QED) is 0.299. The highest BCUT2D eigenvalue weighted by Gasteiger charge is 2.55. The van der Waals surface area contributed by atoms with Crippen molar-refractivity contribution in [1.29, 1.82) is 0 Å². The minimum atomic E-state index is -1.01. The Morgan fingerprint density at radius 3 is 2.75 bits per heavy atom. The predicted molar refractivity (Wildman–Crippen MR) is 108 cm³/mol. The highest BCUT2D eigenvalue weighted by molar-refractivity contribution is 7.80. The van der Waals surface area contributed by atoms with E-state index < -0.39 is 12.0 Å². The van der Waals surface area contributed by atoms with E-state index in [4.69, 9.17) is 0 Å². The molecule has 5 atom stereocenters. The van der Waals surface area contributed by atoms with Crippen LogP contribution >= 0.6 is 12.6 Å². The summed E-state index contributed by atoms with van der Waals surface area (Å²) in [4.78, 5) is 24.0. The van der Waals surface area contributed by atoms with Crippen LogP contribution in [-0.4, -0.2) is 38.9 Å². The number of anilines is 1. The molecule has 1 aromatic rings. The first-order chi connectivity index (χ1) is 13.3. The lowest BCUT2D eigenvalue weighted by Crippen LogP contribution is -2.43. The average Bonchev–Trinajstić information content (AvgIpc) is 2.97. The number of aliphatic carboxylic acids is 1. The molecule has 3 aliphatic rings. The first kappa shape index (κ1) is 19.4. The summed E-state index contributed by atoms with van der Waals surface area (Å²) >= 11 is 4.13. The van der Waals surface area contributed by atoms with Gasteiger partial charge >= 0.3 is 5.97 Å². The van der Waals surface area contributed by atoms with E-state index in [-0.39, 0.29) is 28.6 Å². The van der Waals surface area contributed by atoms with Crippen LogP contribution in [0.5, 0.6) is 11.5 Å². The molecule has 4 N–H and O–H groups in total. The van der Waals surface area contributed by atoms with E-state index in [9.17, 15) is 24.9 Å². The van der Waals surface area contributed by atoms with Gasteiger partial charge in [0.15, 0.2) is 11.5 Å². The summed E-state index contributed by atoms with van der Waals surface area (Å²) in [5.41, 5.74) is 1.94. The van der Waals surface area contributed by atoms with Gasteiger partial charge in [-0.05, 0) is 55.4 Å². The van der Waals surface area contributed by atoms with E-state index in [1.807, 2.05) is 0 Å². The molecule has 0 saturated heterocycles. The molecule has 1 aromatic carbocycles. The molecule has 0 bridgehead atoms. The molecule has 0 radical (unpaired) electrons. The van der Waals surface area contributed by atoms with Gasteiger partial charge in [-0.2, -0.15) is 12.6 Å². The third-order valence-corrected chi connectivity index (χ3v) is 7.84. The number of aromatic hydroxyl groups is 2. The van der Waals surface area contributed by atoms with Crippen LogP contribution in [0.1, 0.15) is 56.1 Å². The second-order valence-electron chi connectivity index (χ2n) is 8.74. The molecule has 7 heteroatoms. The van der Waals surface area contributed by atoms with Gasteiger partial charge in [0.25, 0.3) is 0 Å². The summed E-state index contributed by atoms with van der Waals surface area (Å²) in [6, 6.07) is 0.544. The maximum absolute atomic E-state index is 12.5. The summed E-state index contributed by atoms with van der Waals surface area (Å²) in [5.74, 6) is -0.0636. The highest BCUT2D eigenvalue weighted by Crippen LogP contribution is 2.61. The fourth-order valence-electron chi connectivity index (χ4n) is 6.03. The predicted octanol–water partition coefficient (Wildman–Crippen LogP) is 3.32. The smallest absolute Gasteiger partial charge is 0.326 e. The van der Waals surface area contributed by atoms with Crippen LogP contribution in [0.2, 0.25) is 0 Å². The summed E-state index contributed by atoms with van der Waals surface area (Å²) in [6.45, 7) is 2.10. The number of carboxylic acid groups (broad SMARTS) is 1. The van der Waals surface area contributed by atoms with Crippen LogP contribution in [0.15, 0.2) is 6.07 Å². The monoisotopic (exact) mass is 405 g/mol. The van der Waals surface area contributed by atoms with Crippen LogP contribution in [0.3, 0.4) is 0 Å². The molecule has 2 saturated carbocycles. The molecule has 0 aromatic heterocycles. The normalized spacial score (nSPS) is 32.2. The van der Waals surface area contributed by atoms with Gasteiger partial charge in [0, 0.05) is 34.9 Å². The lowest BCUT2D eigenvalue weighted by Gasteiger charge is -2.48. The maximum Gasteiger partial charge on any atom is 0.326 e. The van der Waals surface area contributed by atoms with Crippen molar-refractivity contribution in [2.24, 2.45) is 17.3 Å². The van der Waals surface area contributed by atoms with Gasteiger partial charge in [0.05, 0.1) is 0 Å². The molecular formula is C21H27NO5S. The molecule has 4 rings (SSSR count). The van der Waals surface area contributed by atoms with Crippen molar-refractivity contribution in [3.8, 4) is 11.5 Å². The van der Waals surface area contributed by atoms with Crippen LogP contribution in [-0.2, 0) is 16.0 Å². The van der Waals surface area contributed by atoms with Crippen molar-refractivity contribution in [3.63, 3.8) is 0 Å². The van der Waals surface area contributed by atoms with E-state index >= 15 is 0 Å². The van der Waals surface area contributed by atoms with Crippen molar-refractivity contribution < 1.29 is 24.9 Å². The number of fused-ring (bicyclic) bond motifs is 5. The number of carbonyl (C=O) groups is 2. The number of hydrogen-bond donors (Lipinski definition) is 5. The Morgan fingerprint density at radius 2 is 2.07 bits per heavy atom. The van der Waals surface area contributed by atoms with Gasteiger partial charge in [0.1, 0.15) is 11.8 Å². The van der Waals surface area contributed by atoms with Crippen LogP contribution in [0.25, 0.3) is 0 Å². The third kappa shape index (κ3) is 2.78. The molecule has 1 unspecified atom stereocenters. The van der Waals surface area contributed by atoms with Gasteiger partial charge in [-0.3, -0.25) is 4.79 Å². The van der Waals surface area contributed by atoms with Crippen molar-refractivity contribution in [1.82, 2.24) is 0 Å². The Labute approximate surface area is 169 Å². The summed E-state index contributed by atoms with van der Waals surface area (Å²) in [5, 5.41) is 33.1. The number of thiol groups is 1. The number of carbonyl (C=O) groups excluding carboxylic acids is 1. The first-order valence-corrected chi connectivity index (χ1v) is 10.6. The zero-order valence-electron chi connectivity index (χ0n) is 15.9. The number of hydrogen-bond acceptors (Lipinski definition) is 6. The molecule has 0 amide bonds. The molecule has 6 nitrogen and oxygen atoms in total. The lowest BCUT2D eigenvalue weighted by molar-refractivity contribution is -0.137. The summed E-state index contributed by atoms with van der Waals surface area (Å²) in [7, 11) is 0. The van der Waals surface area contributed by atoms with Crippen molar-refractivity contribution in [2.75, 3.05) is 11.1 Å². The van der Waals surface area contributed by atoms with Gasteiger partial charge in [-0.25, -0.2) is 4.79 Å². The molecule has 0 heterocycles. The molecule has 2 fully saturated rings. The van der Waals surface area contributed by atoms with Crippen molar-refractivity contribution in [3.05, 3.63) is 17.2 Å². The molecule has 0 spiro atoms. The Bertz CT molecular complexity index is 841. The number of phenolic OH excluding ortho intramolecular Hbond substituents is 2. The van der Waals surface area contributed by atoms with Crippen LogP contribution < -0.4 is 5.32 Å². The Morgan fingerprint density at radius 1 is 1.32 bits per heavy atom.